The van der Waals surface area contributed by atoms with Crippen molar-refractivity contribution in [2.24, 2.45) is 0 Å². The summed E-state index contributed by atoms with van der Waals surface area (Å²) < 4.78 is 11.1. The first-order valence-corrected chi connectivity index (χ1v) is 6.56. The number of thiol groups is 1. The predicted octanol–water partition coefficient (Wildman–Crippen LogP) is 2.66. The number of rotatable bonds is 4. The van der Waals surface area contributed by atoms with Crippen LogP contribution in [0.4, 0.5) is 0 Å². The van der Waals surface area contributed by atoms with Gasteiger partial charge in [0.05, 0.1) is 6.26 Å². The molecule has 1 nitrogen and oxygen atoms in total. The Morgan fingerprint density at radius 3 is 2.36 bits per heavy atom. The van der Waals surface area contributed by atoms with Gasteiger partial charge in [-0.25, -0.2) is 0 Å². The van der Waals surface area contributed by atoms with Gasteiger partial charge in [0.15, 0.2) is 0 Å². The first-order valence-electron chi connectivity index (χ1n) is 4.20. The summed E-state index contributed by atoms with van der Waals surface area (Å²) >= 11 is 3.52. The van der Waals surface area contributed by atoms with Crippen LogP contribution in [0.25, 0.3) is 0 Å². The standard InChI is InChI=1S/C10H14OS2.BrH/c1-13(11)8-10(7-12)9-5-3-2-4-6-9;/h2-6,10,12H,7-8H2,1H3;1H. The molecule has 1 rings (SSSR count). The van der Waals surface area contributed by atoms with Crippen LogP contribution in [-0.2, 0) is 11.2 Å². The average Bonchev–Trinajstić information content (AvgIpc) is 2.15. The lowest BCUT2D eigenvalue weighted by molar-refractivity contribution is 0.596. The van der Waals surface area contributed by atoms with E-state index >= 15 is 0 Å². The maximum Gasteiger partial charge on any atom is 0.112 e. The smallest absolute Gasteiger partial charge is 0.112 e. The summed E-state index contributed by atoms with van der Waals surface area (Å²) in [4.78, 5) is 0. The van der Waals surface area contributed by atoms with Crippen LogP contribution in [0, 0.1) is 0 Å². The molecule has 2 unspecified atom stereocenters. The molecular formula is C10H15BrOS2. The Balaban J connectivity index is 0.00000169. The maximum absolute atomic E-state index is 11.1. The van der Waals surface area contributed by atoms with Gasteiger partial charge in [-0.2, -0.15) is 12.6 Å². The molecule has 2 atom stereocenters. The van der Waals surface area contributed by atoms with Crippen LogP contribution in [0.2, 0.25) is 0 Å². The van der Waals surface area contributed by atoms with Gasteiger partial charge in [0.25, 0.3) is 0 Å². The molecule has 0 aliphatic heterocycles. The second-order valence-corrected chi connectivity index (χ2v) is 4.87. The quantitative estimate of drug-likeness (QED) is 0.670. The molecule has 0 spiro atoms. The van der Waals surface area contributed by atoms with Gasteiger partial charge in [0.2, 0.25) is 0 Å². The molecule has 0 radical (unpaired) electrons. The number of hydrogen-bond acceptors (Lipinski definition) is 2. The van der Waals surface area contributed by atoms with Gasteiger partial charge in [-0.15, -0.1) is 17.0 Å². The largest absolute Gasteiger partial charge is 0.617 e. The van der Waals surface area contributed by atoms with Crippen LogP contribution >= 0.6 is 29.6 Å². The van der Waals surface area contributed by atoms with Gasteiger partial charge in [0.1, 0.15) is 5.75 Å². The molecule has 4 heteroatoms. The van der Waals surface area contributed by atoms with Crippen molar-refractivity contribution in [3.8, 4) is 0 Å². The van der Waals surface area contributed by atoms with E-state index in [0.717, 1.165) is 5.75 Å². The van der Waals surface area contributed by atoms with Crippen molar-refractivity contribution in [2.75, 3.05) is 17.8 Å². The van der Waals surface area contributed by atoms with Gasteiger partial charge < -0.3 is 4.55 Å². The summed E-state index contributed by atoms with van der Waals surface area (Å²) in [7, 11) is 0. The van der Waals surface area contributed by atoms with Crippen molar-refractivity contribution in [1.29, 1.82) is 0 Å². The van der Waals surface area contributed by atoms with Gasteiger partial charge in [-0.05, 0) is 5.56 Å². The third-order valence-corrected chi connectivity index (χ3v) is 3.24. The van der Waals surface area contributed by atoms with Crippen LogP contribution in [0.1, 0.15) is 11.5 Å². The van der Waals surface area contributed by atoms with Crippen LogP contribution < -0.4 is 0 Å². The molecule has 0 fully saturated rings. The Morgan fingerprint density at radius 2 is 1.93 bits per heavy atom. The lowest BCUT2D eigenvalue weighted by Gasteiger charge is -2.15. The van der Waals surface area contributed by atoms with Crippen molar-refractivity contribution in [3.05, 3.63) is 35.9 Å². The third kappa shape index (κ3) is 4.73. The fourth-order valence-corrected chi connectivity index (χ4v) is 2.65. The monoisotopic (exact) mass is 294 g/mol. The number of hydrogen-bond donors (Lipinski definition) is 1. The van der Waals surface area contributed by atoms with Crippen LogP contribution in [0.5, 0.6) is 0 Å². The van der Waals surface area contributed by atoms with Gasteiger partial charge in [-0.3, -0.25) is 0 Å². The summed E-state index contributed by atoms with van der Waals surface area (Å²) in [6.07, 6.45) is 1.74. The van der Waals surface area contributed by atoms with E-state index in [2.05, 4.69) is 24.8 Å². The zero-order valence-corrected chi connectivity index (χ0v) is 11.5. The van der Waals surface area contributed by atoms with E-state index in [1.54, 1.807) is 6.26 Å². The number of benzene rings is 1. The predicted molar refractivity (Wildman–Crippen MR) is 72.3 cm³/mol. The first kappa shape index (κ1) is 14.4. The molecule has 14 heavy (non-hydrogen) atoms. The molecule has 0 N–H and O–H groups in total. The number of halogens is 1. The van der Waals surface area contributed by atoms with Crippen molar-refractivity contribution < 1.29 is 4.55 Å². The van der Waals surface area contributed by atoms with E-state index in [4.69, 9.17) is 0 Å². The van der Waals surface area contributed by atoms with Crippen molar-refractivity contribution in [2.45, 2.75) is 5.92 Å². The van der Waals surface area contributed by atoms with E-state index < -0.39 is 11.2 Å². The van der Waals surface area contributed by atoms with Crippen LogP contribution in [0.3, 0.4) is 0 Å². The minimum Gasteiger partial charge on any atom is -0.617 e. The Kier molecular flexibility index (Phi) is 7.82. The molecule has 0 saturated carbocycles. The summed E-state index contributed by atoms with van der Waals surface area (Å²) in [6.45, 7) is 0. The second kappa shape index (κ2) is 7.63. The average molecular weight is 295 g/mol. The van der Waals surface area contributed by atoms with Crippen molar-refractivity contribution in [3.63, 3.8) is 0 Å². The van der Waals surface area contributed by atoms with E-state index in [1.165, 1.54) is 5.56 Å². The zero-order chi connectivity index (χ0) is 9.68. The highest BCUT2D eigenvalue weighted by Crippen LogP contribution is 2.18. The highest BCUT2D eigenvalue weighted by atomic mass is 79.9. The van der Waals surface area contributed by atoms with Crippen molar-refractivity contribution in [1.82, 2.24) is 0 Å². The Bertz CT molecular complexity index is 241. The summed E-state index contributed by atoms with van der Waals surface area (Å²) in [6, 6.07) is 10.1. The van der Waals surface area contributed by atoms with Gasteiger partial charge in [0, 0.05) is 11.7 Å². The minimum absolute atomic E-state index is 0. The summed E-state index contributed by atoms with van der Waals surface area (Å²) in [5, 5.41) is 0. The molecule has 0 aromatic heterocycles. The minimum atomic E-state index is -0.745. The SMILES string of the molecule is Br.C[S+]([O-])CC(CS)c1ccccc1. The van der Waals surface area contributed by atoms with E-state index in [1.807, 2.05) is 18.2 Å². The second-order valence-electron chi connectivity index (χ2n) is 3.03. The Labute approximate surface area is 105 Å². The van der Waals surface area contributed by atoms with Crippen LogP contribution in [0.15, 0.2) is 30.3 Å². The fraction of sp³-hybridized carbons (Fsp3) is 0.400. The topological polar surface area (TPSA) is 23.1 Å². The van der Waals surface area contributed by atoms with Gasteiger partial charge in [-0.1, -0.05) is 41.5 Å². The molecule has 0 saturated heterocycles. The van der Waals surface area contributed by atoms with Gasteiger partial charge >= 0.3 is 0 Å². The normalized spacial score (nSPS) is 14.2. The molecule has 0 bridgehead atoms. The molecule has 1 aromatic rings. The molecule has 0 aliphatic carbocycles. The van der Waals surface area contributed by atoms with Crippen LogP contribution in [-0.4, -0.2) is 22.3 Å². The molecule has 0 heterocycles. The molecular weight excluding hydrogens is 280 g/mol. The highest BCUT2D eigenvalue weighted by molar-refractivity contribution is 8.93. The zero-order valence-electron chi connectivity index (χ0n) is 8.05. The maximum atomic E-state index is 11.1. The van der Waals surface area contributed by atoms with E-state index in [0.29, 0.717) is 11.7 Å². The Hall–Kier alpha value is 0.360. The highest BCUT2D eigenvalue weighted by Gasteiger charge is 2.13. The van der Waals surface area contributed by atoms with E-state index in [-0.39, 0.29) is 17.0 Å². The molecule has 0 aliphatic rings. The third-order valence-electron chi connectivity index (χ3n) is 1.93. The summed E-state index contributed by atoms with van der Waals surface area (Å²) in [5.41, 5.74) is 1.23. The summed E-state index contributed by atoms with van der Waals surface area (Å²) in [5.74, 6) is 1.77. The first-order chi connectivity index (χ1) is 6.24. The Morgan fingerprint density at radius 1 is 1.36 bits per heavy atom. The fourth-order valence-electron chi connectivity index (χ4n) is 1.26. The van der Waals surface area contributed by atoms with E-state index in [9.17, 15) is 4.55 Å². The molecule has 1 aromatic carbocycles. The lowest BCUT2D eigenvalue weighted by atomic mass is 10.0. The van der Waals surface area contributed by atoms with Crippen molar-refractivity contribution >= 4 is 40.8 Å². The lowest BCUT2D eigenvalue weighted by Crippen LogP contribution is -2.14. The molecule has 0 amide bonds. The molecule has 80 valence electrons.